The number of rotatable bonds is 8. The molecule has 0 bridgehead atoms. The number of carbonyl (C=O) groups is 1. The van der Waals surface area contributed by atoms with Crippen LogP contribution in [0.5, 0.6) is 0 Å². The Balaban J connectivity index is 1.81. The van der Waals surface area contributed by atoms with E-state index in [0.29, 0.717) is 18.8 Å². The minimum Gasteiger partial charge on any atom is -0.383 e. The SMILES string of the molecule is CNc1ccc(C(=O)NN(Cc2ccccc2)Cc2ccccc2)cc1[N+](=O)[O-]. The fourth-order valence-electron chi connectivity index (χ4n) is 2.99. The standard InChI is InChI=1S/C22H22N4O3/c1-23-20-13-12-19(14-21(20)26(28)29)22(27)24-25(15-17-8-4-2-5-9-17)16-18-10-6-3-7-11-18/h2-14,23H,15-16H2,1H3,(H,24,27). The number of anilines is 1. The lowest BCUT2D eigenvalue weighted by Gasteiger charge is -2.23. The van der Waals surface area contributed by atoms with Gasteiger partial charge in [0, 0.05) is 31.8 Å². The highest BCUT2D eigenvalue weighted by Gasteiger charge is 2.18. The van der Waals surface area contributed by atoms with Crippen LogP contribution in [0.1, 0.15) is 21.5 Å². The Morgan fingerprint density at radius 3 is 1.97 bits per heavy atom. The molecule has 0 aliphatic heterocycles. The Bertz CT molecular complexity index is 936. The third-order valence-corrected chi connectivity index (χ3v) is 4.42. The van der Waals surface area contributed by atoms with Crippen molar-refractivity contribution in [3.8, 4) is 0 Å². The number of nitro benzene ring substituents is 1. The summed E-state index contributed by atoms with van der Waals surface area (Å²) in [6, 6.07) is 24.0. The number of nitro groups is 1. The maximum Gasteiger partial charge on any atom is 0.293 e. The second-order valence-corrected chi connectivity index (χ2v) is 6.51. The summed E-state index contributed by atoms with van der Waals surface area (Å²) >= 11 is 0. The van der Waals surface area contributed by atoms with E-state index in [4.69, 9.17) is 0 Å². The first kappa shape index (κ1) is 20.0. The molecule has 0 aromatic heterocycles. The van der Waals surface area contributed by atoms with Gasteiger partial charge in [0.25, 0.3) is 11.6 Å². The maximum atomic E-state index is 12.8. The molecule has 0 atom stereocenters. The van der Waals surface area contributed by atoms with E-state index in [0.717, 1.165) is 11.1 Å². The van der Waals surface area contributed by atoms with Gasteiger partial charge in [0.1, 0.15) is 5.69 Å². The van der Waals surface area contributed by atoms with Crippen LogP contribution in [-0.4, -0.2) is 22.9 Å². The van der Waals surface area contributed by atoms with Crippen molar-refractivity contribution in [2.24, 2.45) is 0 Å². The van der Waals surface area contributed by atoms with Crippen LogP contribution in [0, 0.1) is 10.1 Å². The molecule has 0 aliphatic carbocycles. The van der Waals surface area contributed by atoms with Gasteiger partial charge in [-0.25, -0.2) is 5.01 Å². The average molecular weight is 390 g/mol. The molecule has 0 radical (unpaired) electrons. The summed E-state index contributed by atoms with van der Waals surface area (Å²) in [6.45, 7) is 0.996. The topological polar surface area (TPSA) is 87.5 Å². The molecule has 0 aliphatic rings. The fraction of sp³-hybridized carbons (Fsp3) is 0.136. The second-order valence-electron chi connectivity index (χ2n) is 6.51. The monoisotopic (exact) mass is 390 g/mol. The molecule has 3 aromatic carbocycles. The smallest absolute Gasteiger partial charge is 0.293 e. The highest BCUT2D eigenvalue weighted by molar-refractivity contribution is 5.95. The predicted octanol–water partition coefficient (Wildman–Crippen LogP) is 3.98. The Hall–Kier alpha value is -3.71. The van der Waals surface area contributed by atoms with Gasteiger partial charge in [0.2, 0.25) is 0 Å². The minimum absolute atomic E-state index is 0.141. The predicted molar refractivity (Wildman–Crippen MR) is 112 cm³/mol. The number of hydrogen-bond acceptors (Lipinski definition) is 5. The zero-order chi connectivity index (χ0) is 20.6. The first-order valence-electron chi connectivity index (χ1n) is 9.17. The van der Waals surface area contributed by atoms with Crippen LogP contribution in [0.3, 0.4) is 0 Å². The highest BCUT2D eigenvalue weighted by atomic mass is 16.6. The molecule has 0 saturated heterocycles. The van der Waals surface area contributed by atoms with E-state index < -0.39 is 10.8 Å². The number of amides is 1. The van der Waals surface area contributed by atoms with Crippen LogP contribution in [-0.2, 0) is 13.1 Å². The molecule has 3 aromatic rings. The second kappa shape index (κ2) is 9.48. The first-order chi connectivity index (χ1) is 14.1. The largest absolute Gasteiger partial charge is 0.383 e. The van der Waals surface area contributed by atoms with Gasteiger partial charge in [-0.05, 0) is 23.3 Å². The van der Waals surface area contributed by atoms with Crippen molar-refractivity contribution in [1.29, 1.82) is 0 Å². The molecule has 148 valence electrons. The Morgan fingerprint density at radius 2 is 1.48 bits per heavy atom. The Kier molecular flexibility index (Phi) is 6.55. The number of hydrogen-bond donors (Lipinski definition) is 2. The molecule has 0 fully saturated rings. The van der Waals surface area contributed by atoms with Crippen molar-refractivity contribution in [2.45, 2.75) is 13.1 Å². The number of nitrogens with zero attached hydrogens (tertiary/aromatic N) is 2. The molecule has 0 saturated carbocycles. The van der Waals surface area contributed by atoms with Crippen molar-refractivity contribution in [3.63, 3.8) is 0 Å². The van der Waals surface area contributed by atoms with E-state index in [-0.39, 0.29) is 11.3 Å². The molecular weight excluding hydrogens is 368 g/mol. The van der Waals surface area contributed by atoms with Crippen molar-refractivity contribution in [1.82, 2.24) is 10.4 Å². The van der Waals surface area contributed by atoms with Gasteiger partial charge >= 0.3 is 0 Å². The molecular formula is C22H22N4O3. The van der Waals surface area contributed by atoms with Crippen LogP contribution in [0.15, 0.2) is 78.9 Å². The molecule has 7 nitrogen and oxygen atoms in total. The van der Waals surface area contributed by atoms with E-state index >= 15 is 0 Å². The Morgan fingerprint density at radius 1 is 0.931 bits per heavy atom. The molecule has 0 unspecified atom stereocenters. The molecule has 0 spiro atoms. The zero-order valence-electron chi connectivity index (χ0n) is 16.0. The lowest BCUT2D eigenvalue weighted by Crippen LogP contribution is -2.41. The lowest BCUT2D eigenvalue weighted by atomic mass is 10.1. The summed E-state index contributed by atoms with van der Waals surface area (Å²) in [5.41, 5.74) is 5.41. The van der Waals surface area contributed by atoms with E-state index in [1.165, 1.54) is 12.1 Å². The van der Waals surface area contributed by atoms with E-state index in [1.54, 1.807) is 18.1 Å². The van der Waals surface area contributed by atoms with Gasteiger partial charge < -0.3 is 5.32 Å². The van der Waals surface area contributed by atoms with Gasteiger partial charge in [0.05, 0.1) is 4.92 Å². The highest BCUT2D eigenvalue weighted by Crippen LogP contribution is 2.25. The van der Waals surface area contributed by atoms with E-state index in [9.17, 15) is 14.9 Å². The maximum absolute atomic E-state index is 12.8. The van der Waals surface area contributed by atoms with E-state index in [1.807, 2.05) is 60.7 Å². The first-order valence-corrected chi connectivity index (χ1v) is 9.17. The minimum atomic E-state index is -0.506. The number of carbonyl (C=O) groups excluding carboxylic acids is 1. The van der Waals surface area contributed by atoms with Gasteiger partial charge in [-0.3, -0.25) is 20.3 Å². The molecule has 0 heterocycles. The van der Waals surface area contributed by atoms with Crippen LogP contribution in [0.2, 0.25) is 0 Å². The van der Waals surface area contributed by atoms with Crippen LogP contribution in [0.25, 0.3) is 0 Å². The summed E-state index contributed by atoms with van der Waals surface area (Å²) in [4.78, 5) is 23.6. The molecule has 3 rings (SSSR count). The average Bonchev–Trinajstić information content (AvgIpc) is 2.74. The zero-order valence-corrected chi connectivity index (χ0v) is 16.0. The normalized spacial score (nSPS) is 10.6. The van der Waals surface area contributed by atoms with Gasteiger partial charge in [0.15, 0.2) is 0 Å². The number of hydrazine groups is 1. The number of benzene rings is 3. The third-order valence-electron chi connectivity index (χ3n) is 4.42. The lowest BCUT2D eigenvalue weighted by molar-refractivity contribution is -0.384. The molecule has 1 amide bonds. The quantitative estimate of drug-likeness (QED) is 0.449. The van der Waals surface area contributed by atoms with Gasteiger partial charge in [-0.15, -0.1) is 0 Å². The summed E-state index contributed by atoms with van der Waals surface area (Å²) in [6.07, 6.45) is 0. The van der Waals surface area contributed by atoms with Crippen molar-refractivity contribution < 1.29 is 9.72 Å². The van der Waals surface area contributed by atoms with Crippen molar-refractivity contribution in [3.05, 3.63) is 106 Å². The summed E-state index contributed by atoms with van der Waals surface area (Å²) in [5.74, 6) is -0.400. The Labute approximate surface area is 169 Å². The van der Waals surface area contributed by atoms with Crippen molar-refractivity contribution in [2.75, 3.05) is 12.4 Å². The molecule has 2 N–H and O–H groups in total. The van der Waals surface area contributed by atoms with Crippen molar-refractivity contribution >= 4 is 17.3 Å². The van der Waals surface area contributed by atoms with Crippen LogP contribution < -0.4 is 10.7 Å². The third kappa shape index (κ3) is 5.40. The van der Waals surface area contributed by atoms with Gasteiger partial charge in [-0.1, -0.05) is 60.7 Å². The summed E-state index contributed by atoms with van der Waals surface area (Å²) in [5, 5.41) is 15.8. The molecule has 7 heteroatoms. The van der Waals surface area contributed by atoms with Gasteiger partial charge in [-0.2, -0.15) is 0 Å². The summed E-state index contributed by atoms with van der Waals surface area (Å²) in [7, 11) is 1.60. The molecule has 29 heavy (non-hydrogen) atoms. The number of nitrogens with one attached hydrogen (secondary N) is 2. The van der Waals surface area contributed by atoms with Crippen LogP contribution >= 0.6 is 0 Å². The summed E-state index contributed by atoms with van der Waals surface area (Å²) < 4.78 is 0. The van der Waals surface area contributed by atoms with E-state index in [2.05, 4.69) is 10.7 Å². The fourth-order valence-corrected chi connectivity index (χ4v) is 2.99. The van der Waals surface area contributed by atoms with Crippen LogP contribution in [0.4, 0.5) is 11.4 Å².